The molecular formula is C9H14N2O4. The topological polar surface area (TPSA) is 70.1 Å². The molecule has 1 N–H and O–H groups in total. The number of amides is 2. The minimum absolute atomic E-state index is 0.151. The first kappa shape index (κ1) is 10.1. The van der Waals surface area contributed by atoms with Crippen LogP contribution in [0.2, 0.25) is 0 Å². The molecule has 2 amide bonds. The molecule has 0 spiro atoms. The second kappa shape index (κ2) is 3.29. The lowest BCUT2D eigenvalue weighted by Gasteiger charge is -2.40. The van der Waals surface area contributed by atoms with Crippen molar-refractivity contribution in [2.24, 2.45) is 0 Å². The Hall–Kier alpha value is -1.46. The molecule has 2 heterocycles. The highest BCUT2D eigenvalue weighted by Crippen LogP contribution is 2.27. The summed E-state index contributed by atoms with van der Waals surface area (Å²) in [6.45, 7) is 4.38. The third-order valence-electron chi connectivity index (χ3n) is 3.18. The maximum Gasteiger partial charge on any atom is 0.410 e. The molecule has 3 unspecified atom stereocenters. The molecule has 2 fully saturated rings. The van der Waals surface area contributed by atoms with Crippen molar-refractivity contribution < 1.29 is 19.4 Å². The fourth-order valence-electron chi connectivity index (χ4n) is 2.44. The standard InChI is InChI=1S/C9H14N2O4/c1-5-7-6(2)15-9(14)11(7)4-3-10(5)8(12)13/h5-7H,3-4H2,1-2H3,(H,12,13). The molecule has 3 atom stereocenters. The van der Waals surface area contributed by atoms with Gasteiger partial charge in [0.15, 0.2) is 0 Å². The van der Waals surface area contributed by atoms with Crippen LogP contribution in [0.25, 0.3) is 0 Å². The molecule has 2 saturated heterocycles. The molecular weight excluding hydrogens is 200 g/mol. The van der Waals surface area contributed by atoms with Crippen LogP contribution in [-0.4, -0.2) is 58.4 Å². The molecule has 2 aliphatic rings. The van der Waals surface area contributed by atoms with E-state index in [9.17, 15) is 9.59 Å². The van der Waals surface area contributed by atoms with E-state index in [2.05, 4.69) is 0 Å². The van der Waals surface area contributed by atoms with E-state index in [0.29, 0.717) is 13.1 Å². The van der Waals surface area contributed by atoms with Gasteiger partial charge in [0.2, 0.25) is 0 Å². The van der Waals surface area contributed by atoms with Crippen molar-refractivity contribution in [1.29, 1.82) is 0 Å². The number of rotatable bonds is 0. The highest BCUT2D eigenvalue weighted by atomic mass is 16.6. The zero-order chi connectivity index (χ0) is 11.2. The lowest BCUT2D eigenvalue weighted by molar-refractivity contribution is 0.0543. The van der Waals surface area contributed by atoms with Gasteiger partial charge in [-0.1, -0.05) is 0 Å². The van der Waals surface area contributed by atoms with Gasteiger partial charge in [-0.3, -0.25) is 4.90 Å². The van der Waals surface area contributed by atoms with Crippen LogP contribution in [0.1, 0.15) is 13.8 Å². The smallest absolute Gasteiger partial charge is 0.410 e. The van der Waals surface area contributed by atoms with Gasteiger partial charge in [-0.25, -0.2) is 9.59 Å². The molecule has 0 bridgehead atoms. The average molecular weight is 214 g/mol. The molecule has 0 aliphatic carbocycles. The molecule has 0 radical (unpaired) electrons. The summed E-state index contributed by atoms with van der Waals surface area (Å²) < 4.78 is 5.07. The maximum atomic E-state index is 11.4. The van der Waals surface area contributed by atoms with Gasteiger partial charge in [-0.05, 0) is 13.8 Å². The Labute approximate surface area is 87.4 Å². The molecule has 84 valence electrons. The third-order valence-corrected chi connectivity index (χ3v) is 3.18. The molecule has 2 rings (SSSR count). The highest BCUT2D eigenvalue weighted by molar-refractivity contribution is 5.72. The number of carboxylic acid groups (broad SMARTS) is 1. The Morgan fingerprint density at radius 2 is 2.13 bits per heavy atom. The van der Waals surface area contributed by atoms with Crippen molar-refractivity contribution in [3.05, 3.63) is 0 Å². The van der Waals surface area contributed by atoms with Crippen LogP contribution >= 0.6 is 0 Å². The number of piperazine rings is 1. The summed E-state index contributed by atoms with van der Waals surface area (Å²) in [6.07, 6.45) is -1.51. The predicted molar refractivity (Wildman–Crippen MR) is 50.6 cm³/mol. The first-order chi connectivity index (χ1) is 7.02. The number of hydrogen-bond acceptors (Lipinski definition) is 3. The highest BCUT2D eigenvalue weighted by Gasteiger charge is 2.47. The number of hydrogen-bond donors (Lipinski definition) is 1. The Kier molecular flexibility index (Phi) is 2.21. The van der Waals surface area contributed by atoms with E-state index >= 15 is 0 Å². The van der Waals surface area contributed by atoms with Crippen LogP contribution < -0.4 is 0 Å². The molecule has 0 aromatic rings. The monoisotopic (exact) mass is 214 g/mol. The van der Waals surface area contributed by atoms with E-state index < -0.39 is 6.09 Å². The first-order valence-electron chi connectivity index (χ1n) is 4.99. The minimum atomic E-state index is -0.936. The summed E-state index contributed by atoms with van der Waals surface area (Å²) in [5.41, 5.74) is 0. The van der Waals surface area contributed by atoms with Gasteiger partial charge in [0.1, 0.15) is 6.10 Å². The van der Waals surface area contributed by atoms with Crippen LogP contribution in [0.15, 0.2) is 0 Å². The molecule has 0 saturated carbocycles. The van der Waals surface area contributed by atoms with Crippen LogP contribution in [0, 0.1) is 0 Å². The van der Waals surface area contributed by atoms with Gasteiger partial charge in [0.05, 0.1) is 12.1 Å². The molecule has 0 aromatic heterocycles. The summed E-state index contributed by atoms with van der Waals surface area (Å²) in [5.74, 6) is 0. The van der Waals surface area contributed by atoms with Crippen molar-refractivity contribution in [2.75, 3.05) is 13.1 Å². The number of carbonyl (C=O) groups is 2. The van der Waals surface area contributed by atoms with E-state index in [1.54, 1.807) is 11.8 Å². The largest absolute Gasteiger partial charge is 0.465 e. The van der Waals surface area contributed by atoms with Gasteiger partial charge in [0.25, 0.3) is 0 Å². The van der Waals surface area contributed by atoms with Crippen LogP contribution in [-0.2, 0) is 4.74 Å². The zero-order valence-electron chi connectivity index (χ0n) is 8.71. The van der Waals surface area contributed by atoms with E-state index in [1.807, 2.05) is 6.92 Å². The first-order valence-corrected chi connectivity index (χ1v) is 4.99. The predicted octanol–water partition coefficient (Wildman–Crippen LogP) is 0.578. The summed E-state index contributed by atoms with van der Waals surface area (Å²) in [5, 5.41) is 8.96. The van der Waals surface area contributed by atoms with E-state index in [4.69, 9.17) is 9.84 Å². The van der Waals surface area contributed by atoms with Gasteiger partial charge in [0, 0.05) is 13.1 Å². The molecule has 2 aliphatic heterocycles. The Morgan fingerprint density at radius 1 is 1.47 bits per heavy atom. The lowest BCUT2D eigenvalue weighted by Crippen LogP contribution is -2.60. The number of nitrogens with zero attached hydrogens (tertiary/aromatic N) is 2. The number of ether oxygens (including phenoxy) is 1. The van der Waals surface area contributed by atoms with Crippen molar-refractivity contribution in [2.45, 2.75) is 32.0 Å². The fourth-order valence-corrected chi connectivity index (χ4v) is 2.44. The lowest BCUT2D eigenvalue weighted by atomic mass is 10.0. The second-order valence-electron chi connectivity index (χ2n) is 3.99. The van der Waals surface area contributed by atoms with E-state index in [1.165, 1.54) is 4.90 Å². The summed E-state index contributed by atoms with van der Waals surface area (Å²) >= 11 is 0. The third kappa shape index (κ3) is 1.40. The number of cyclic esters (lactones) is 1. The molecule has 0 aromatic carbocycles. The fraction of sp³-hybridized carbons (Fsp3) is 0.778. The van der Waals surface area contributed by atoms with Crippen LogP contribution in [0.3, 0.4) is 0 Å². The van der Waals surface area contributed by atoms with Gasteiger partial charge < -0.3 is 14.7 Å². The molecule has 6 nitrogen and oxygen atoms in total. The summed E-state index contributed by atoms with van der Waals surface area (Å²) in [7, 11) is 0. The quantitative estimate of drug-likeness (QED) is 0.640. The average Bonchev–Trinajstić information content (AvgIpc) is 2.43. The summed E-state index contributed by atoms with van der Waals surface area (Å²) in [4.78, 5) is 25.3. The SMILES string of the molecule is CC1OC(=O)N2CCN(C(=O)O)C(C)C12. The van der Waals surface area contributed by atoms with Crippen LogP contribution in [0.4, 0.5) is 9.59 Å². The van der Waals surface area contributed by atoms with E-state index in [0.717, 1.165) is 0 Å². The second-order valence-corrected chi connectivity index (χ2v) is 3.99. The normalized spacial score (nSPS) is 35.1. The Bertz CT molecular complexity index is 306. The molecule has 15 heavy (non-hydrogen) atoms. The van der Waals surface area contributed by atoms with Crippen molar-refractivity contribution >= 4 is 12.2 Å². The van der Waals surface area contributed by atoms with Gasteiger partial charge in [-0.2, -0.15) is 0 Å². The van der Waals surface area contributed by atoms with Crippen LogP contribution in [0.5, 0.6) is 0 Å². The number of fused-ring (bicyclic) bond motifs is 1. The zero-order valence-corrected chi connectivity index (χ0v) is 8.71. The van der Waals surface area contributed by atoms with Crippen molar-refractivity contribution in [3.8, 4) is 0 Å². The van der Waals surface area contributed by atoms with Gasteiger partial charge in [-0.15, -0.1) is 0 Å². The van der Waals surface area contributed by atoms with Gasteiger partial charge >= 0.3 is 12.2 Å². The maximum absolute atomic E-state index is 11.4. The van der Waals surface area contributed by atoms with E-state index in [-0.39, 0.29) is 24.3 Å². The van der Waals surface area contributed by atoms with Crippen molar-refractivity contribution in [1.82, 2.24) is 9.80 Å². The Balaban J connectivity index is 2.20. The molecule has 6 heteroatoms. The number of carbonyl (C=O) groups excluding carboxylic acids is 1. The minimum Gasteiger partial charge on any atom is -0.465 e. The Morgan fingerprint density at radius 3 is 2.73 bits per heavy atom. The van der Waals surface area contributed by atoms with Crippen molar-refractivity contribution in [3.63, 3.8) is 0 Å². The summed E-state index contributed by atoms with van der Waals surface area (Å²) in [6, 6.07) is -0.361.